The number of anilines is 2. The van der Waals surface area contributed by atoms with Crippen LogP contribution in [0.1, 0.15) is 17.9 Å². The summed E-state index contributed by atoms with van der Waals surface area (Å²) < 4.78 is 21.1. The zero-order valence-electron chi connectivity index (χ0n) is 23.4. The maximum Gasteiger partial charge on any atom is 0.263 e. The minimum Gasteiger partial charge on any atom is -0.610 e. The molecular weight excluding hydrogens is 528 g/mol. The summed E-state index contributed by atoms with van der Waals surface area (Å²) in [6.45, 7) is 3.52. The molecule has 0 aliphatic carbocycles. The Labute approximate surface area is 236 Å². The minimum absolute atomic E-state index is 0.212. The Hall–Kier alpha value is -3.29. The summed E-state index contributed by atoms with van der Waals surface area (Å²) in [5.74, 6) is 1.75. The molecule has 212 valence electrons. The maximum absolute atomic E-state index is 13.8. The first kappa shape index (κ1) is 28.2. The fourth-order valence-electron chi connectivity index (χ4n) is 4.86. The summed E-state index contributed by atoms with van der Waals surface area (Å²) in [5.41, 5.74) is 2.94. The molecule has 0 spiro atoms. The van der Waals surface area contributed by atoms with Gasteiger partial charge in [-0.2, -0.15) is 9.97 Å². The molecule has 4 aromatic rings. The third-order valence-corrected chi connectivity index (χ3v) is 8.30. The normalized spacial score (nSPS) is 16.2. The van der Waals surface area contributed by atoms with Crippen molar-refractivity contribution in [3.8, 4) is 11.4 Å². The summed E-state index contributed by atoms with van der Waals surface area (Å²) >= 11 is -1.33. The number of rotatable bonds is 11. The molecule has 5 rings (SSSR count). The van der Waals surface area contributed by atoms with E-state index in [0.29, 0.717) is 64.8 Å². The van der Waals surface area contributed by atoms with Crippen LogP contribution in [0.2, 0.25) is 0 Å². The molecule has 1 saturated heterocycles. The average molecular weight is 565 g/mol. The maximum atomic E-state index is 13.8. The van der Waals surface area contributed by atoms with Crippen molar-refractivity contribution in [2.75, 3.05) is 58.5 Å². The van der Waals surface area contributed by atoms with E-state index in [4.69, 9.17) is 9.72 Å². The molecule has 3 aromatic heterocycles. The Balaban J connectivity index is 1.49. The van der Waals surface area contributed by atoms with Gasteiger partial charge in [0.25, 0.3) is 10.6 Å². The Bertz CT molecular complexity index is 1510. The zero-order valence-corrected chi connectivity index (χ0v) is 24.2. The number of nitrogens with one attached hydrogen (secondary N) is 2. The van der Waals surface area contributed by atoms with Crippen molar-refractivity contribution in [2.24, 2.45) is 7.05 Å². The van der Waals surface area contributed by atoms with Gasteiger partial charge in [-0.25, -0.2) is 4.98 Å². The van der Waals surface area contributed by atoms with E-state index in [0.717, 1.165) is 25.2 Å². The van der Waals surface area contributed by atoms with Crippen molar-refractivity contribution in [1.82, 2.24) is 34.3 Å². The number of ether oxygens (including phenoxy) is 1. The van der Waals surface area contributed by atoms with Crippen LogP contribution in [0.3, 0.4) is 0 Å². The van der Waals surface area contributed by atoms with Crippen molar-refractivity contribution >= 4 is 33.8 Å². The van der Waals surface area contributed by atoms with Crippen LogP contribution in [0.25, 0.3) is 22.4 Å². The largest absolute Gasteiger partial charge is 0.610 e. The minimum atomic E-state index is -1.33. The van der Waals surface area contributed by atoms with Gasteiger partial charge >= 0.3 is 0 Å². The molecule has 1 aromatic carbocycles. The highest BCUT2D eigenvalue weighted by atomic mass is 32.2. The predicted molar refractivity (Wildman–Crippen MR) is 158 cm³/mol. The molecule has 40 heavy (non-hydrogen) atoms. The lowest BCUT2D eigenvalue weighted by molar-refractivity contribution is 0.217. The lowest BCUT2D eigenvalue weighted by Crippen LogP contribution is -2.29. The lowest BCUT2D eigenvalue weighted by Gasteiger charge is -2.16. The van der Waals surface area contributed by atoms with Gasteiger partial charge in [0.2, 0.25) is 5.95 Å². The van der Waals surface area contributed by atoms with E-state index in [9.17, 15) is 9.35 Å². The van der Waals surface area contributed by atoms with Gasteiger partial charge in [-0.3, -0.25) is 9.36 Å². The van der Waals surface area contributed by atoms with E-state index in [1.54, 1.807) is 41.8 Å². The molecular formula is C28H36N8O3S. The Morgan fingerprint density at radius 1 is 1.25 bits per heavy atom. The monoisotopic (exact) mass is 564 g/mol. The van der Waals surface area contributed by atoms with Crippen LogP contribution in [-0.4, -0.2) is 86.7 Å². The van der Waals surface area contributed by atoms with Crippen molar-refractivity contribution in [2.45, 2.75) is 23.9 Å². The number of aryl methyl sites for hydroxylation is 1. The second kappa shape index (κ2) is 12.5. The quantitative estimate of drug-likeness (QED) is 0.264. The van der Waals surface area contributed by atoms with Crippen LogP contribution in [0.4, 0.5) is 11.6 Å². The van der Waals surface area contributed by atoms with Crippen LogP contribution in [0.15, 0.2) is 52.5 Å². The molecule has 0 amide bonds. The highest BCUT2D eigenvalue weighted by Crippen LogP contribution is 2.26. The third kappa shape index (κ3) is 6.21. The average Bonchev–Trinajstić information content (AvgIpc) is 3.62. The smallest absolute Gasteiger partial charge is 0.263 e. The second-order valence-corrected chi connectivity index (χ2v) is 11.8. The molecule has 2 unspecified atom stereocenters. The van der Waals surface area contributed by atoms with Gasteiger partial charge in [0.05, 0.1) is 18.4 Å². The van der Waals surface area contributed by atoms with Crippen LogP contribution in [0.5, 0.6) is 0 Å². The van der Waals surface area contributed by atoms with Crippen molar-refractivity contribution in [3.63, 3.8) is 0 Å². The summed E-state index contributed by atoms with van der Waals surface area (Å²) in [5, 5.41) is 7.83. The summed E-state index contributed by atoms with van der Waals surface area (Å²) in [4.78, 5) is 29.7. The standard InChI is InChI=1S/C28H36N8O3S/c1-34(2)11-12-36-25-21(15-23(27(36)37)26-32-24(18-35(26)3)40(38)14-13-39-4)17-30-28(33-25)31-22-7-5-19(6-8-22)20-9-10-29-16-20/h5-8,15,17-18,20,29H,9-14,16H2,1-4H3,(H,30,31,33). The Morgan fingerprint density at radius 3 is 2.75 bits per heavy atom. The SMILES string of the molecule is COCC[S+]([O-])c1cn(C)c(-c2cc3cnc(Nc4ccc(C5CCNC5)cc4)nc3n(CCN(C)C)c2=O)n1. The fourth-order valence-corrected chi connectivity index (χ4v) is 5.85. The highest BCUT2D eigenvalue weighted by molar-refractivity contribution is 7.91. The fraction of sp³-hybridized carbons (Fsp3) is 0.429. The van der Waals surface area contributed by atoms with Crippen molar-refractivity contribution < 1.29 is 9.29 Å². The number of aromatic nitrogens is 5. The second-order valence-electron chi connectivity index (χ2n) is 10.3. The van der Waals surface area contributed by atoms with E-state index in [-0.39, 0.29) is 5.56 Å². The molecule has 2 atom stereocenters. The number of hydrogen-bond acceptors (Lipinski definition) is 9. The molecule has 2 N–H and O–H groups in total. The molecule has 4 heterocycles. The third-order valence-electron chi connectivity index (χ3n) is 7.10. The number of methoxy groups -OCH3 is 1. The number of benzene rings is 1. The highest BCUT2D eigenvalue weighted by Gasteiger charge is 2.22. The Kier molecular flexibility index (Phi) is 8.81. The first-order valence-electron chi connectivity index (χ1n) is 13.4. The van der Waals surface area contributed by atoms with E-state index in [1.807, 2.05) is 31.1 Å². The zero-order chi connectivity index (χ0) is 28.2. The van der Waals surface area contributed by atoms with E-state index >= 15 is 0 Å². The Morgan fingerprint density at radius 2 is 2.05 bits per heavy atom. The first-order chi connectivity index (χ1) is 19.3. The van der Waals surface area contributed by atoms with E-state index in [1.165, 1.54) is 5.56 Å². The van der Waals surface area contributed by atoms with Gasteiger partial charge < -0.3 is 29.4 Å². The van der Waals surface area contributed by atoms with Gasteiger partial charge in [0.15, 0.2) is 5.82 Å². The summed E-state index contributed by atoms with van der Waals surface area (Å²) in [6.07, 6.45) is 4.57. The number of likely N-dealkylation sites (N-methyl/N-ethyl adjacent to an activating group) is 1. The summed E-state index contributed by atoms with van der Waals surface area (Å²) in [7, 11) is 7.29. The van der Waals surface area contributed by atoms with Gasteiger partial charge in [0.1, 0.15) is 11.4 Å². The number of imidazole rings is 1. The van der Waals surface area contributed by atoms with Crippen LogP contribution < -0.4 is 16.2 Å². The lowest BCUT2D eigenvalue weighted by atomic mass is 9.98. The van der Waals surface area contributed by atoms with E-state index in [2.05, 4.69) is 32.7 Å². The summed E-state index contributed by atoms with van der Waals surface area (Å²) in [6, 6.07) is 10.1. The van der Waals surface area contributed by atoms with Crippen LogP contribution in [-0.2, 0) is 29.5 Å². The number of nitrogens with zero attached hydrogens (tertiary/aromatic N) is 6. The molecule has 1 aliphatic heterocycles. The van der Waals surface area contributed by atoms with Gasteiger partial charge in [0, 0.05) is 62.2 Å². The molecule has 1 fully saturated rings. The molecule has 11 nitrogen and oxygen atoms in total. The van der Waals surface area contributed by atoms with Crippen molar-refractivity contribution in [3.05, 3.63) is 58.6 Å². The molecule has 12 heteroatoms. The number of pyridine rings is 1. The van der Waals surface area contributed by atoms with Crippen molar-refractivity contribution in [1.29, 1.82) is 0 Å². The predicted octanol–water partition coefficient (Wildman–Crippen LogP) is 2.33. The van der Waals surface area contributed by atoms with Crippen LogP contribution >= 0.6 is 0 Å². The first-order valence-corrected chi connectivity index (χ1v) is 14.7. The van der Waals surface area contributed by atoms with Gasteiger partial charge in [-0.1, -0.05) is 12.1 Å². The van der Waals surface area contributed by atoms with Gasteiger partial charge in [-0.05, 0) is 56.7 Å². The molecule has 0 radical (unpaired) electrons. The van der Waals surface area contributed by atoms with E-state index < -0.39 is 11.2 Å². The topological polar surface area (TPSA) is 125 Å². The molecule has 1 aliphatic rings. The number of hydrogen-bond donors (Lipinski definition) is 2. The molecule has 0 saturated carbocycles. The molecule has 0 bridgehead atoms. The number of fused-ring (bicyclic) bond motifs is 1. The van der Waals surface area contributed by atoms with Crippen LogP contribution in [0, 0.1) is 0 Å². The van der Waals surface area contributed by atoms with Gasteiger partial charge in [-0.15, -0.1) is 0 Å².